The summed E-state index contributed by atoms with van der Waals surface area (Å²) in [5.41, 5.74) is 4.63. The van der Waals surface area contributed by atoms with Gasteiger partial charge in [0.25, 0.3) is 0 Å². The van der Waals surface area contributed by atoms with Crippen LogP contribution in [-0.2, 0) is 15.9 Å². The van der Waals surface area contributed by atoms with Crippen LogP contribution >= 0.6 is 11.3 Å². The van der Waals surface area contributed by atoms with Crippen molar-refractivity contribution in [3.63, 3.8) is 0 Å². The fourth-order valence-electron chi connectivity index (χ4n) is 3.79. The summed E-state index contributed by atoms with van der Waals surface area (Å²) in [5, 5.41) is 6.97. The second kappa shape index (κ2) is 10.1. The Bertz CT molecular complexity index is 902. The predicted octanol–water partition coefficient (Wildman–Crippen LogP) is 5.05. The molecule has 1 fully saturated rings. The number of hydrogen-bond acceptors (Lipinski definition) is 6. The number of piperidine rings is 1. The Morgan fingerprint density at radius 1 is 1.03 bits per heavy atom. The van der Waals surface area contributed by atoms with Crippen molar-refractivity contribution in [2.75, 3.05) is 37.5 Å². The summed E-state index contributed by atoms with van der Waals surface area (Å²) in [5.74, 6) is 0. The van der Waals surface area contributed by atoms with Crippen LogP contribution in [0.3, 0.4) is 0 Å². The predicted molar refractivity (Wildman–Crippen MR) is 124 cm³/mol. The average Bonchev–Trinajstić information content (AvgIpc) is 3.30. The summed E-state index contributed by atoms with van der Waals surface area (Å²) in [6.45, 7) is 2.06. The molecule has 0 bridgehead atoms. The van der Waals surface area contributed by atoms with Gasteiger partial charge >= 0.3 is 0 Å². The first-order valence-corrected chi connectivity index (χ1v) is 11.3. The molecule has 1 saturated heterocycles. The molecule has 1 aromatic heterocycles. The molecule has 1 N–H and O–H groups in total. The number of rotatable bonds is 8. The van der Waals surface area contributed by atoms with Gasteiger partial charge in [-0.15, -0.1) is 11.3 Å². The van der Waals surface area contributed by atoms with Crippen LogP contribution < -0.4 is 10.2 Å². The number of thiazole rings is 1. The van der Waals surface area contributed by atoms with Gasteiger partial charge in [0.15, 0.2) is 11.4 Å². The Kier molecular flexibility index (Phi) is 7.00. The zero-order valence-corrected chi connectivity index (χ0v) is 18.4. The van der Waals surface area contributed by atoms with Crippen molar-refractivity contribution in [1.29, 1.82) is 0 Å². The molecule has 0 radical (unpaired) electrons. The third-order valence-corrected chi connectivity index (χ3v) is 6.48. The molecule has 6 heteroatoms. The van der Waals surface area contributed by atoms with Crippen LogP contribution in [-0.4, -0.2) is 44.6 Å². The number of nitrogens with one attached hydrogen (secondary N) is 1. The van der Waals surface area contributed by atoms with E-state index in [2.05, 4.69) is 64.1 Å². The van der Waals surface area contributed by atoms with Gasteiger partial charge in [0, 0.05) is 56.4 Å². The van der Waals surface area contributed by atoms with Gasteiger partial charge in [-0.25, -0.2) is 4.98 Å². The maximum Gasteiger partial charge on any atom is 0.185 e. The van der Waals surface area contributed by atoms with E-state index >= 15 is 0 Å². The highest BCUT2D eigenvalue weighted by Crippen LogP contribution is 2.29. The van der Waals surface area contributed by atoms with Crippen molar-refractivity contribution in [3.8, 4) is 11.3 Å². The van der Waals surface area contributed by atoms with Crippen LogP contribution in [0.15, 0.2) is 60.0 Å². The molecule has 1 aliphatic rings. The van der Waals surface area contributed by atoms with Gasteiger partial charge in [0.05, 0.1) is 5.69 Å². The molecular formula is C24H29N3O2S. The van der Waals surface area contributed by atoms with E-state index in [9.17, 15) is 0 Å². The Labute approximate surface area is 182 Å². The Balaban J connectivity index is 1.28. The highest BCUT2D eigenvalue weighted by molar-refractivity contribution is 7.14. The maximum absolute atomic E-state index is 5.28. The molecule has 0 unspecified atom stereocenters. The smallest absolute Gasteiger partial charge is 0.185 e. The van der Waals surface area contributed by atoms with E-state index in [1.807, 2.05) is 6.07 Å². The quantitative estimate of drug-likeness (QED) is 0.514. The summed E-state index contributed by atoms with van der Waals surface area (Å²) in [7, 11) is 3.34. The van der Waals surface area contributed by atoms with E-state index in [1.54, 1.807) is 25.6 Å². The summed E-state index contributed by atoms with van der Waals surface area (Å²) >= 11 is 1.74. The minimum atomic E-state index is -0.193. The largest absolute Gasteiger partial charge is 0.382 e. The Morgan fingerprint density at radius 2 is 1.73 bits per heavy atom. The molecule has 0 atom stereocenters. The first-order chi connectivity index (χ1) is 14.7. The summed E-state index contributed by atoms with van der Waals surface area (Å²) < 4.78 is 10.6. The van der Waals surface area contributed by atoms with E-state index < -0.39 is 0 Å². The van der Waals surface area contributed by atoms with Crippen molar-refractivity contribution in [2.45, 2.75) is 31.6 Å². The molecular weight excluding hydrogens is 394 g/mol. The maximum atomic E-state index is 5.28. The third kappa shape index (κ3) is 5.19. The van der Waals surface area contributed by atoms with Crippen molar-refractivity contribution < 1.29 is 9.47 Å². The number of benzene rings is 2. The first-order valence-electron chi connectivity index (χ1n) is 10.4. The number of ether oxygens (including phenoxy) is 2. The number of methoxy groups -OCH3 is 2. The Hall–Kier alpha value is -2.41. The molecule has 0 amide bonds. The van der Waals surface area contributed by atoms with Gasteiger partial charge in [-0.05, 0) is 30.5 Å². The van der Waals surface area contributed by atoms with Gasteiger partial charge in [-0.3, -0.25) is 0 Å². The van der Waals surface area contributed by atoms with Crippen molar-refractivity contribution in [3.05, 3.63) is 65.5 Å². The number of anilines is 2. The fraction of sp³-hybridized carbons (Fsp3) is 0.375. The van der Waals surface area contributed by atoms with Crippen molar-refractivity contribution >= 4 is 22.2 Å². The normalized spacial score (nSPS) is 15.0. The zero-order chi connectivity index (χ0) is 20.8. The summed E-state index contributed by atoms with van der Waals surface area (Å²) in [6.07, 6.45) is 2.78. The third-order valence-electron chi connectivity index (χ3n) is 5.58. The second-order valence-electron chi connectivity index (χ2n) is 7.59. The van der Waals surface area contributed by atoms with Gasteiger partial charge in [-0.1, -0.05) is 42.5 Å². The lowest BCUT2D eigenvalue weighted by molar-refractivity contribution is -0.100. The highest BCUT2D eigenvalue weighted by Gasteiger charge is 2.21. The lowest BCUT2D eigenvalue weighted by Gasteiger charge is -2.32. The molecule has 30 heavy (non-hydrogen) atoms. The topological polar surface area (TPSA) is 46.6 Å². The minimum absolute atomic E-state index is 0.193. The lowest BCUT2D eigenvalue weighted by Crippen LogP contribution is -2.39. The number of nitrogens with zero attached hydrogens (tertiary/aromatic N) is 2. The van der Waals surface area contributed by atoms with Crippen LogP contribution in [0.2, 0.25) is 0 Å². The SMILES string of the molecule is COC(Cc1ccc(NC2CCN(c3nc(-c4ccccc4)cs3)CC2)cc1)OC. The van der Waals surface area contributed by atoms with Gasteiger partial charge in [0.1, 0.15) is 0 Å². The summed E-state index contributed by atoms with van der Waals surface area (Å²) in [4.78, 5) is 7.27. The van der Waals surface area contributed by atoms with Crippen molar-refractivity contribution in [2.24, 2.45) is 0 Å². The molecule has 0 saturated carbocycles. The van der Waals surface area contributed by atoms with Crippen molar-refractivity contribution in [1.82, 2.24) is 4.98 Å². The Morgan fingerprint density at radius 3 is 2.40 bits per heavy atom. The number of hydrogen-bond donors (Lipinski definition) is 1. The molecule has 3 aromatic rings. The van der Waals surface area contributed by atoms with E-state index in [4.69, 9.17) is 14.5 Å². The standard InChI is InChI=1S/C24H29N3O2S/c1-28-23(29-2)16-18-8-10-20(11-9-18)25-21-12-14-27(15-13-21)24-26-22(17-30-24)19-6-4-3-5-7-19/h3-11,17,21,23,25H,12-16H2,1-2H3. The van der Waals surface area contributed by atoms with Crippen LogP contribution in [0, 0.1) is 0 Å². The van der Waals surface area contributed by atoms with Crippen LogP contribution in [0.5, 0.6) is 0 Å². The fourth-order valence-corrected chi connectivity index (χ4v) is 4.68. The van der Waals surface area contributed by atoms with Gasteiger partial charge < -0.3 is 19.7 Å². The molecule has 2 aromatic carbocycles. The van der Waals surface area contributed by atoms with E-state index in [1.165, 1.54) is 16.8 Å². The average molecular weight is 424 g/mol. The highest BCUT2D eigenvalue weighted by atomic mass is 32.1. The zero-order valence-electron chi connectivity index (χ0n) is 17.6. The molecule has 5 nitrogen and oxygen atoms in total. The molecule has 0 spiro atoms. The molecule has 1 aliphatic heterocycles. The van der Waals surface area contributed by atoms with E-state index in [-0.39, 0.29) is 6.29 Å². The molecule has 0 aliphatic carbocycles. The molecule has 158 valence electrons. The minimum Gasteiger partial charge on any atom is -0.382 e. The summed E-state index contributed by atoms with van der Waals surface area (Å²) in [6, 6.07) is 19.5. The molecule has 2 heterocycles. The van der Waals surface area contributed by atoms with Gasteiger partial charge in [-0.2, -0.15) is 0 Å². The first kappa shape index (κ1) is 20.8. The van der Waals surface area contributed by atoms with E-state index in [0.717, 1.165) is 43.2 Å². The lowest BCUT2D eigenvalue weighted by atomic mass is 10.0. The number of aromatic nitrogens is 1. The van der Waals surface area contributed by atoms with Crippen LogP contribution in [0.25, 0.3) is 11.3 Å². The van der Waals surface area contributed by atoms with E-state index in [0.29, 0.717) is 6.04 Å². The van der Waals surface area contributed by atoms with Crippen LogP contribution in [0.4, 0.5) is 10.8 Å². The molecule has 4 rings (SSSR count). The van der Waals surface area contributed by atoms with Gasteiger partial charge in [0.2, 0.25) is 0 Å². The monoisotopic (exact) mass is 423 g/mol. The van der Waals surface area contributed by atoms with Crippen LogP contribution in [0.1, 0.15) is 18.4 Å². The second-order valence-corrected chi connectivity index (χ2v) is 8.43.